The molecule has 0 aliphatic rings. The first-order chi connectivity index (χ1) is 22.6. The van der Waals surface area contributed by atoms with Gasteiger partial charge in [0.25, 0.3) is 0 Å². The molecule has 0 aromatic rings. The van der Waals surface area contributed by atoms with Gasteiger partial charge in [0.15, 0.2) is 0 Å². The van der Waals surface area contributed by atoms with Crippen LogP contribution in [0.4, 0.5) is 0 Å². The van der Waals surface area contributed by atoms with Crippen molar-refractivity contribution in [2.45, 2.75) is 195 Å². The second-order valence-electron chi connectivity index (χ2n) is 13.8. The largest absolute Gasteiger partial charge is 0.356 e. The second kappa shape index (κ2) is 36.7. The Morgan fingerprint density at radius 3 is 0.891 bits per heavy atom. The summed E-state index contributed by atoms with van der Waals surface area (Å²) >= 11 is 0. The van der Waals surface area contributed by atoms with E-state index in [-0.39, 0.29) is 11.8 Å². The zero-order chi connectivity index (χ0) is 33.8. The molecule has 0 heterocycles. The summed E-state index contributed by atoms with van der Waals surface area (Å²) in [5.41, 5.74) is 0. The molecule has 0 aromatic heterocycles. The Bertz CT molecular complexity index is 591. The van der Waals surface area contributed by atoms with Crippen molar-refractivity contribution in [2.24, 2.45) is 0 Å². The van der Waals surface area contributed by atoms with Gasteiger partial charge >= 0.3 is 0 Å². The van der Waals surface area contributed by atoms with E-state index in [1.807, 2.05) is 0 Å². The molecule has 6 heteroatoms. The minimum absolute atomic E-state index is 0.179. The lowest BCUT2D eigenvalue weighted by molar-refractivity contribution is -0.122. The van der Waals surface area contributed by atoms with Gasteiger partial charge in [-0.25, -0.2) is 0 Å². The van der Waals surface area contributed by atoms with Crippen molar-refractivity contribution in [3.8, 4) is 0 Å². The number of carbonyl (C=O) groups is 2. The zero-order valence-corrected chi connectivity index (χ0v) is 31.8. The van der Waals surface area contributed by atoms with E-state index in [1.165, 1.54) is 141 Å². The fourth-order valence-corrected chi connectivity index (χ4v) is 6.22. The van der Waals surface area contributed by atoms with Gasteiger partial charge in [0.05, 0.1) is 0 Å². The van der Waals surface area contributed by atoms with Gasteiger partial charge in [0.2, 0.25) is 11.8 Å². The minimum Gasteiger partial charge on any atom is -0.356 e. The van der Waals surface area contributed by atoms with E-state index >= 15 is 0 Å². The van der Waals surface area contributed by atoms with Gasteiger partial charge in [-0.2, -0.15) is 0 Å². The maximum atomic E-state index is 12.4. The third-order valence-corrected chi connectivity index (χ3v) is 9.64. The summed E-state index contributed by atoms with van der Waals surface area (Å²) in [4.78, 5) is 29.5. The van der Waals surface area contributed by atoms with Gasteiger partial charge in [0.1, 0.15) is 0 Å². The summed E-state index contributed by atoms with van der Waals surface area (Å²) in [6.45, 7) is 15.9. The molecule has 0 unspecified atom stereocenters. The number of amides is 2. The van der Waals surface area contributed by atoms with Gasteiger partial charge in [0, 0.05) is 52.1 Å². The fraction of sp³-hybridized carbons (Fsp3) is 0.950. The van der Waals surface area contributed by atoms with Crippen LogP contribution in [0.3, 0.4) is 0 Å². The van der Waals surface area contributed by atoms with Gasteiger partial charge in [-0.3, -0.25) is 9.59 Å². The van der Waals surface area contributed by atoms with Gasteiger partial charge in [-0.05, 0) is 25.9 Å². The molecule has 0 rings (SSSR count). The first-order valence-electron chi connectivity index (χ1n) is 20.5. The lowest BCUT2D eigenvalue weighted by Crippen LogP contribution is -2.38. The fourth-order valence-electron chi connectivity index (χ4n) is 6.22. The maximum absolute atomic E-state index is 12.4. The number of likely N-dealkylation sites (N-methyl/N-ethyl adjacent to an activating group) is 2. The molecular formula is C40H82N4O2. The second-order valence-corrected chi connectivity index (χ2v) is 13.8. The first kappa shape index (κ1) is 44.9. The van der Waals surface area contributed by atoms with Gasteiger partial charge in [-0.15, -0.1) is 0 Å². The highest BCUT2D eigenvalue weighted by Gasteiger charge is 2.11. The van der Waals surface area contributed by atoms with Gasteiger partial charge < -0.3 is 20.4 Å². The highest BCUT2D eigenvalue weighted by molar-refractivity contribution is 5.76. The molecule has 274 valence electrons. The van der Waals surface area contributed by atoms with Crippen LogP contribution in [0, 0.1) is 0 Å². The SMILES string of the molecule is CCCCCCCCCCCCCCNC(=O)CCN(CC)CCN(CC)CCC(=O)NCCCCCCCCCCCCCC. The Morgan fingerprint density at radius 1 is 0.370 bits per heavy atom. The summed E-state index contributed by atoms with van der Waals surface area (Å²) in [5.74, 6) is 0.359. The standard InChI is InChI=1S/C40H82N4O2/c1-5-9-11-13-15-17-19-21-23-25-27-29-33-41-39(45)31-35-43(7-3)37-38-44(8-4)36-32-40(46)42-34-30-28-26-24-22-20-18-16-14-12-10-6-2/h5-38H2,1-4H3,(H,41,45)(H,42,46). The zero-order valence-electron chi connectivity index (χ0n) is 31.8. The Hall–Kier alpha value is -1.14. The van der Waals surface area contributed by atoms with Crippen molar-refractivity contribution in [1.29, 1.82) is 0 Å². The third-order valence-electron chi connectivity index (χ3n) is 9.64. The van der Waals surface area contributed by atoms with Crippen LogP contribution in [0.15, 0.2) is 0 Å². The van der Waals surface area contributed by atoms with Crippen LogP contribution in [0.2, 0.25) is 0 Å². The molecule has 0 saturated carbocycles. The number of carbonyl (C=O) groups excluding carboxylic acids is 2. The van der Waals surface area contributed by atoms with Crippen LogP contribution in [0.5, 0.6) is 0 Å². The normalized spacial score (nSPS) is 11.5. The smallest absolute Gasteiger partial charge is 0.221 e. The average Bonchev–Trinajstić information content (AvgIpc) is 3.06. The quantitative estimate of drug-likeness (QED) is 0.0657. The van der Waals surface area contributed by atoms with E-state index in [9.17, 15) is 9.59 Å². The van der Waals surface area contributed by atoms with Crippen LogP contribution in [-0.4, -0.2) is 74.0 Å². The maximum Gasteiger partial charge on any atom is 0.221 e. The molecule has 0 radical (unpaired) electrons. The molecule has 0 aromatic carbocycles. The predicted octanol–water partition coefficient (Wildman–Crippen LogP) is 10.0. The molecule has 0 fully saturated rings. The van der Waals surface area contributed by atoms with Crippen molar-refractivity contribution in [3.63, 3.8) is 0 Å². The molecule has 6 nitrogen and oxygen atoms in total. The highest BCUT2D eigenvalue weighted by atomic mass is 16.2. The molecule has 2 amide bonds. The summed E-state index contributed by atoms with van der Waals surface area (Å²) < 4.78 is 0. The number of rotatable bonds is 37. The lowest BCUT2D eigenvalue weighted by Gasteiger charge is -2.26. The van der Waals surface area contributed by atoms with Crippen molar-refractivity contribution < 1.29 is 9.59 Å². The minimum atomic E-state index is 0.179. The first-order valence-corrected chi connectivity index (χ1v) is 20.5. The predicted molar refractivity (Wildman–Crippen MR) is 202 cm³/mol. The number of hydrogen-bond donors (Lipinski definition) is 2. The van der Waals surface area contributed by atoms with E-state index < -0.39 is 0 Å². The summed E-state index contributed by atoms with van der Waals surface area (Å²) in [6.07, 6.45) is 33.3. The molecule has 0 aliphatic heterocycles. The number of nitrogens with zero attached hydrogens (tertiary/aromatic N) is 2. The van der Waals surface area contributed by atoms with Crippen LogP contribution < -0.4 is 10.6 Å². The topological polar surface area (TPSA) is 64.7 Å². The van der Waals surface area contributed by atoms with E-state index in [0.717, 1.165) is 65.2 Å². The molecule has 0 spiro atoms. The van der Waals surface area contributed by atoms with Crippen molar-refractivity contribution in [2.75, 3.05) is 52.4 Å². The Kier molecular flexibility index (Phi) is 35.8. The van der Waals surface area contributed by atoms with Crippen LogP contribution >= 0.6 is 0 Å². The van der Waals surface area contributed by atoms with Crippen molar-refractivity contribution in [3.05, 3.63) is 0 Å². The lowest BCUT2D eigenvalue weighted by atomic mass is 10.1. The molecule has 0 bridgehead atoms. The van der Waals surface area contributed by atoms with Crippen LogP contribution in [0.1, 0.15) is 195 Å². The molecule has 46 heavy (non-hydrogen) atoms. The van der Waals surface area contributed by atoms with E-state index in [1.54, 1.807) is 0 Å². The summed E-state index contributed by atoms with van der Waals surface area (Å²) in [6, 6.07) is 0. The molecule has 0 atom stereocenters. The Balaban J connectivity index is 3.71. The number of nitrogens with one attached hydrogen (secondary N) is 2. The molecule has 0 aliphatic carbocycles. The third kappa shape index (κ3) is 32.8. The van der Waals surface area contributed by atoms with Crippen molar-refractivity contribution in [1.82, 2.24) is 20.4 Å². The Morgan fingerprint density at radius 2 is 0.630 bits per heavy atom. The summed E-state index contributed by atoms with van der Waals surface area (Å²) in [7, 11) is 0. The monoisotopic (exact) mass is 651 g/mol. The summed E-state index contributed by atoms with van der Waals surface area (Å²) in [5, 5.41) is 6.26. The molecule has 0 saturated heterocycles. The van der Waals surface area contributed by atoms with Crippen LogP contribution in [-0.2, 0) is 9.59 Å². The average molecular weight is 651 g/mol. The molecular weight excluding hydrogens is 568 g/mol. The Labute approximate surface area is 288 Å². The highest BCUT2D eigenvalue weighted by Crippen LogP contribution is 2.13. The van der Waals surface area contributed by atoms with Crippen LogP contribution in [0.25, 0.3) is 0 Å². The van der Waals surface area contributed by atoms with Crippen molar-refractivity contribution >= 4 is 11.8 Å². The number of unbranched alkanes of at least 4 members (excludes halogenated alkanes) is 22. The van der Waals surface area contributed by atoms with E-state index in [0.29, 0.717) is 12.8 Å². The number of hydrogen-bond acceptors (Lipinski definition) is 4. The van der Waals surface area contributed by atoms with Gasteiger partial charge in [-0.1, -0.05) is 169 Å². The van der Waals surface area contributed by atoms with E-state index in [2.05, 4.69) is 48.1 Å². The molecule has 2 N–H and O–H groups in total. The van der Waals surface area contributed by atoms with E-state index in [4.69, 9.17) is 0 Å².